The Morgan fingerprint density at radius 2 is 1.94 bits per heavy atom. The van der Waals surface area contributed by atoms with Crippen LogP contribution in [0.3, 0.4) is 0 Å². The van der Waals surface area contributed by atoms with Crippen LogP contribution in [-0.4, -0.2) is 16.5 Å². The first-order valence-electron chi connectivity index (χ1n) is 7.09. The highest BCUT2D eigenvalue weighted by molar-refractivity contribution is 6.02. The molecule has 2 bridgehead atoms. The monoisotopic (exact) mass is 234 g/mol. The first-order valence-corrected chi connectivity index (χ1v) is 7.09. The molecule has 3 aliphatic carbocycles. The second-order valence-corrected chi connectivity index (χ2v) is 6.12. The lowest BCUT2D eigenvalue weighted by Gasteiger charge is -2.27. The zero-order chi connectivity index (χ0) is 12.2. The van der Waals surface area contributed by atoms with Crippen molar-refractivity contribution < 1.29 is 9.90 Å². The molecule has 94 valence electrons. The van der Waals surface area contributed by atoms with Crippen molar-refractivity contribution in [3.05, 3.63) is 11.6 Å². The van der Waals surface area contributed by atoms with Crippen LogP contribution in [0.4, 0.5) is 0 Å². The number of aliphatic hydroxyl groups is 1. The fourth-order valence-electron chi connectivity index (χ4n) is 4.43. The molecular weight excluding hydrogens is 212 g/mol. The predicted octanol–water partition coefficient (Wildman–Crippen LogP) is 2.71. The Morgan fingerprint density at radius 3 is 2.53 bits per heavy atom. The van der Waals surface area contributed by atoms with Crippen LogP contribution < -0.4 is 0 Å². The molecule has 2 fully saturated rings. The van der Waals surface area contributed by atoms with E-state index in [-0.39, 0.29) is 11.7 Å². The highest BCUT2D eigenvalue weighted by Gasteiger charge is 2.55. The fraction of sp³-hybridized carbons (Fsp3) is 0.800. The summed E-state index contributed by atoms with van der Waals surface area (Å²) in [5.41, 5.74) is -0.116. The summed E-state index contributed by atoms with van der Waals surface area (Å²) >= 11 is 0. The fourth-order valence-corrected chi connectivity index (χ4v) is 4.43. The minimum atomic E-state index is -0.860. The van der Waals surface area contributed by atoms with Gasteiger partial charge in [0, 0.05) is 11.5 Å². The van der Waals surface area contributed by atoms with Crippen molar-refractivity contribution in [2.75, 3.05) is 0 Å². The van der Waals surface area contributed by atoms with Gasteiger partial charge in [0.2, 0.25) is 0 Å². The number of rotatable bonds is 3. The molecule has 1 N–H and O–H groups in total. The summed E-state index contributed by atoms with van der Waals surface area (Å²) in [6.45, 7) is 3.95. The predicted molar refractivity (Wildman–Crippen MR) is 66.4 cm³/mol. The van der Waals surface area contributed by atoms with Crippen molar-refractivity contribution in [1.82, 2.24) is 0 Å². The van der Waals surface area contributed by atoms with Gasteiger partial charge in [-0.25, -0.2) is 0 Å². The lowest BCUT2D eigenvalue weighted by molar-refractivity contribution is -0.122. The molecule has 3 rings (SSSR count). The van der Waals surface area contributed by atoms with E-state index in [1.54, 1.807) is 0 Å². The van der Waals surface area contributed by atoms with Gasteiger partial charge in [0.15, 0.2) is 5.78 Å². The van der Waals surface area contributed by atoms with Crippen molar-refractivity contribution in [3.63, 3.8) is 0 Å². The Morgan fingerprint density at radius 1 is 1.29 bits per heavy atom. The number of hydrogen-bond donors (Lipinski definition) is 1. The summed E-state index contributed by atoms with van der Waals surface area (Å²) in [6.07, 6.45) is 7.21. The standard InChI is InChI=1S/C15H22O2/c1-3-15(17,4-2)12-8-11-9-5-6-10(7-9)13(11)14(12)16/h8-11,13,17H,3-7H2,1-2H3/t9-,10+,11+,13-/m0/s1. The van der Waals surface area contributed by atoms with Crippen LogP contribution in [-0.2, 0) is 4.79 Å². The lowest BCUT2D eigenvalue weighted by atomic mass is 9.79. The maximum absolute atomic E-state index is 12.5. The van der Waals surface area contributed by atoms with E-state index in [2.05, 4.69) is 6.08 Å². The van der Waals surface area contributed by atoms with Crippen LogP contribution >= 0.6 is 0 Å². The molecule has 0 spiro atoms. The number of hydrogen-bond acceptors (Lipinski definition) is 2. The van der Waals surface area contributed by atoms with Crippen molar-refractivity contribution in [2.45, 2.75) is 51.6 Å². The third kappa shape index (κ3) is 1.40. The van der Waals surface area contributed by atoms with Gasteiger partial charge in [0.05, 0.1) is 5.60 Å². The van der Waals surface area contributed by atoms with Crippen LogP contribution in [0.15, 0.2) is 11.6 Å². The van der Waals surface area contributed by atoms with E-state index in [0.717, 1.165) is 11.5 Å². The highest BCUT2D eigenvalue weighted by Crippen LogP contribution is 2.57. The summed E-state index contributed by atoms with van der Waals surface area (Å²) in [6, 6.07) is 0. The van der Waals surface area contributed by atoms with Gasteiger partial charge in [0.1, 0.15) is 0 Å². The van der Waals surface area contributed by atoms with Gasteiger partial charge < -0.3 is 5.11 Å². The molecule has 0 aromatic heterocycles. The van der Waals surface area contributed by atoms with Crippen LogP contribution in [0, 0.1) is 23.7 Å². The molecule has 2 saturated carbocycles. The van der Waals surface area contributed by atoms with Gasteiger partial charge in [-0.15, -0.1) is 0 Å². The summed E-state index contributed by atoms with van der Waals surface area (Å²) < 4.78 is 0. The molecule has 3 aliphatic rings. The van der Waals surface area contributed by atoms with Gasteiger partial charge in [-0.2, -0.15) is 0 Å². The molecule has 0 unspecified atom stereocenters. The lowest BCUT2D eigenvalue weighted by Crippen LogP contribution is -2.34. The molecule has 2 heteroatoms. The minimum Gasteiger partial charge on any atom is -0.385 e. The maximum Gasteiger partial charge on any atom is 0.165 e. The third-order valence-electron chi connectivity index (χ3n) is 5.58. The van der Waals surface area contributed by atoms with E-state index in [1.807, 2.05) is 13.8 Å². The zero-order valence-electron chi connectivity index (χ0n) is 10.8. The molecule has 0 saturated heterocycles. The van der Waals surface area contributed by atoms with Crippen molar-refractivity contribution in [3.8, 4) is 0 Å². The molecular formula is C15H22O2. The number of carbonyl (C=O) groups excluding carboxylic acids is 1. The minimum absolute atomic E-state index is 0.230. The number of Topliss-reactive ketones (excluding diaryl/α,β-unsaturated/α-hetero) is 1. The van der Waals surface area contributed by atoms with Gasteiger partial charge in [-0.1, -0.05) is 19.9 Å². The quantitative estimate of drug-likeness (QED) is 0.815. The van der Waals surface area contributed by atoms with E-state index in [9.17, 15) is 9.90 Å². The number of allylic oxidation sites excluding steroid dienone is 1. The highest BCUT2D eigenvalue weighted by atomic mass is 16.3. The van der Waals surface area contributed by atoms with Gasteiger partial charge in [0.25, 0.3) is 0 Å². The Balaban J connectivity index is 1.94. The van der Waals surface area contributed by atoms with Gasteiger partial charge in [-0.05, 0) is 49.9 Å². The summed E-state index contributed by atoms with van der Waals surface area (Å²) in [4.78, 5) is 12.5. The molecule has 0 amide bonds. The molecule has 0 aliphatic heterocycles. The van der Waals surface area contributed by atoms with Crippen molar-refractivity contribution in [2.24, 2.45) is 23.7 Å². The first-order chi connectivity index (χ1) is 8.10. The summed E-state index contributed by atoms with van der Waals surface area (Å²) in [7, 11) is 0. The van der Waals surface area contributed by atoms with E-state index in [0.29, 0.717) is 24.7 Å². The average molecular weight is 234 g/mol. The second-order valence-electron chi connectivity index (χ2n) is 6.12. The van der Waals surface area contributed by atoms with Crippen LogP contribution in [0.25, 0.3) is 0 Å². The Hall–Kier alpha value is -0.630. The average Bonchev–Trinajstić information content (AvgIpc) is 3.01. The SMILES string of the molecule is CCC(O)(CC)C1=C[C@@H]2[C@H]3CC[C@H](C3)[C@@H]2C1=O. The largest absolute Gasteiger partial charge is 0.385 e. The Kier molecular flexibility index (Phi) is 2.48. The topological polar surface area (TPSA) is 37.3 Å². The van der Waals surface area contributed by atoms with Crippen molar-refractivity contribution >= 4 is 5.78 Å². The van der Waals surface area contributed by atoms with Crippen LogP contribution in [0.1, 0.15) is 46.0 Å². The van der Waals surface area contributed by atoms with E-state index < -0.39 is 5.60 Å². The molecule has 0 heterocycles. The van der Waals surface area contributed by atoms with E-state index in [4.69, 9.17) is 0 Å². The number of carbonyl (C=O) groups is 1. The summed E-state index contributed by atoms with van der Waals surface area (Å²) in [5, 5.41) is 10.6. The van der Waals surface area contributed by atoms with Crippen molar-refractivity contribution in [1.29, 1.82) is 0 Å². The molecule has 0 aromatic rings. The molecule has 4 atom stereocenters. The summed E-state index contributed by atoms with van der Waals surface area (Å²) in [5.74, 6) is 2.30. The number of ketones is 1. The first kappa shape index (κ1) is 11.5. The third-order valence-corrected chi connectivity index (χ3v) is 5.58. The normalized spacial score (nSPS) is 39.7. The second kappa shape index (κ2) is 3.68. The van der Waals surface area contributed by atoms with Crippen LogP contribution in [0.2, 0.25) is 0 Å². The Bertz CT molecular complexity index is 378. The van der Waals surface area contributed by atoms with E-state index >= 15 is 0 Å². The maximum atomic E-state index is 12.5. The van der Waals surface area contributed by atoms with E-state index in [1.165, 1.54) is 19.3 Å². The smallest absolute Gasteiger partial charge is 0.165 e. The number of fused-ring (bicyclic) bond motifs is 5. The molecule has 2 nitrogen and oxygen atoms in total. The Labute approximate surface area is 103 Å². The molecule has 17 heavy (non-hydrogen) atoms. The molecule has 0 aromatic carbocycles. The van der Waals surface area contributed by atoms with Gasteiger partial charge in [-0.3, -0.25) is 4.79 Å². The zero-order valence-corrected chi connectivity index (χ0v) is 10.8. The van der Waals surface area contributed by atoms with Crippen LogP contribution in [0.5, 0.6) is 0 Å². The molecule has 0 radical (unpaired) electrons. The van der Waals surface area contributed by atoms with Gasteiger partial charge >= 0.3 is 0 Å².